The molecular weight excluding hydrogens is 350 g/mol. The van der Waals surface area contributed by atoms with Gasteiger partial charge in [-0.05, 0) is 64.3 Å². The van der Waals surface area contributed by atoms with Crippen LogP contribution < -0.4 is 4.90 Å². The van der Waals surface area contributed by atoms with Gasteiger partial charge in [-0.25, -0.2) is 4.98 Å². The van der Waals surface area contributed by atoms with Crippen LogP contribution in [0.1, 0.15) is 60.1 Å². The minimum atomic E-state index is 0.414. The fourth-order valence-electron chi connectivity index (χ4n) is 4.54. The number of hydrogen-bond donors (Lipinski definition) is 0. The predicted octanol–water partition coefficient (Wildman–Crippen LogP) is 2.68. The second-order valence-electron chi connectivity index (χ2n) is 8.17. The Morgan fingerprint density at radius 3 is 2.50 bits per heavy atom. The molecule has 0 saturated carbocycles. The second-order valence-corrected chi connectivity index (χ2v) is 8.17. The van der Waals surface area contributed by atoms with Crippen LogP contribution in [0.3, 0.4) is 0 Å². The monoisotopic (exact) mass is 379 g/mol. The molecule has 0 aliphatic carbocycles. The van der Waals surface area contributed by atoms with E-state index in [-0.39, 0.29) is 0 Å². The molecule has 2 aromatic rings. The number of aromatic nitrogens is 4. The standard InChI is InChI=1S/C21H29N7/c1-15-12-16(2)23-21(18(15)13-22)28-10-6-17(7-11-28)20-25-24-19(26(20)3)14-27-8-4-5-9-27/h12,17H,4-11,14H2,1-3H3. The topological polar surface area (TPSA) is 73.9 Å². The molecule has 4 heterocycles. The predicted molar refractivity (Wildman–Crippen MR) is 108 cm³/mol. The van der Waals surface area contributed by atoms with Gasteiger partial charge in [-0.2, -0.15) is 5.26 Å². The third-order valence-corrected chi connectivity index (χ3v) is 6.16. The van der Waals surface area contributed by atoms with Gasteiger partial charge in [-0.15, -0.1) is 10.2 Å². The fourth-order valence-corrected chi connectivity index (χ4v) is 4.54. The molecule has 0 atom stereocenters. The highest BCUT2D eigenvalue weighted by Crippen LogP contribution is 2.31. The van der Waals surface area contributed by atoms with Gasteiger partial charge in [0.1, 0.15) is 23.5 Å². The van der Waals surface area contributed by atoms with Gasteiger partial charge in [0.15, 0.2) is 0 Å². The van der Waals surface area contributed by atoms with E-state index in [1.807, 2.05) is 19.9 Å². The molecular formula is C21H29N7. The number of pyridine rings is 1. The number of anilines is 1. The van der Waals surface area contributed by atoms with Crippen LogP contribution in [0.5, 0.6) is 0 Å². The Hall–Kier alpha value is -2.46. The lowest BCUT2D eigenvalue weighted by molar-refractivity contribution is 0.317. The molecule has 0 spiro atoms. The number of nitriles is 1. The molecule has 2 aromatic heterocycles. The Morgan fingerprint density at radius 2 is 1.82 bits per heavy atom. The molecule has 7 nitrogen and oxygen atoms in total. The minimum Gasteiger partial charge on any atom is -0.355 e. The van der Waals surface area contributed by atoms with Crippen LogP contribution in [-0.4, -0.2) is 50.8 Å². The molecule has 2 fully saturated rings. The van der Waals surface area contributed by atoms with Crippen LogP contribution in [0, 0.1) is 25.2 Å². The largest absolute Gasteiger partial charge is 0.355 e. The van der Waals surface area contributed by atoms with E-state index in [0.717, 1.165) is 61.2 Å². The summed E-state index contributed by atoms with van der Waals surface area (Å²) in [6.45, 7) is 9.01. The first-order chi connectivity index (χ1) is 13.6. The molecule has 2 saturated heterocycles. The number of hydrogen-bond acceptors (Lipinski definition) is 6. The van der Waals surface area contributed by atoms with Crippen molar-refractivity contribution in [1.29, 1.82) is 5.26 Å². The third-order valence-electron chi connectivity index (χ3n) is 6.16. The number of likely N-dealkylation sites (tertiary alicyclic amines) is 1. The number of piperidine rings is 1. The van der Waals surface area contributed by atoms with Gasteiger partial charge in [0.2, 0.25) is 0 Å². The maximum Gasteiger partial charge on any atom is 0.147 e. The van der Waals surface area contributed by atoms with Crippen molar-refractivity contribution in [2.24, 2.45) is 7.05 Å². The summed E-state index contributed by atoms with van der Waals surface area (Å²) in [5, 5.41) is 18.6. The number of aryl methyl sites for hydroxylation is 2. The lowest BCUT2D eigenvalue weighted by Gasteiger charge is -2.33. The highest BCUT2D eigenvalue weighted by atomic mass is 15.3. The lowest BCUT2D eigenvalue weighted by atomic mass is 9.95. The molecule has 2 aliphatic heterocycles. The molecule has 2 aliphatic rings. The number of rotatable bonds is 4. The van der Waals surface area contributed by atoms with Gasteiger partial charge < -0.3 is 9.47 Å². The maximum atomic E-state index is 9.56. The second kappa shape index (κ2) is 7.88. The normalized spacial score (nSPS) is 18.6. The zero-order valence-electron chi connectivity index (χ0n) is 17.1. The summed E-state index contributed by atoms with van der Waals surface area (Å²) in [7, 11) is 2.10. The molecule has 28 heavy (non-hydrogen) atoms. The van der Waals surface area contributed by atoms with Crippen molar-refractivity contribution in [3.05, 3.63) is 34.5 Å². The number of nitrogens with zero attached hydrogens (tertiary/aromatic N) is 7. The molecule has 0 amide bonds. The first-order valence-electron chi connectivity index (χ1n) is 10.3. The summed E-state index contributed by atoms with van der Waals surface area (Å²) in [6.07, 6.45) is 4.60. The summed E-state index contributed by atoms with van der Waals surface area (Å²) in [5.41, 5.74) is 2.68. The summed E-state index contributed by atoms with van der Waals surface area (Å²) in [5.74, 6) is 3.42. The Kier molecular flexibility index (Phi) is 5.31. The van der Waals surface area contributed by atoms with E-state index < -0.39 is 0 Å². The van der Waals surface area contributed by atoms with Crippen LogP contribution in [0.15, 0.2) is 6.07 Å². The maximum absolute atomic E-state index is 9.56. The van der Waals surface area contributed by atoms with Crippen molar-refractivity contribution in [3.8, 4) is 6.07 Å². The minimum absolute atomic E-state index is 0.414. The first-order valence-corrected chi connectivity index (χ1v) is 10.3. The Labute approximate surface area is 167 Å². The summed E-state index contributed by atoms with van der Waals surface area (Å²) in [4.78, 5) is 9.39. The van der Waals surface area contributed by atoms with Gasteiger partial charge in [0, 0.05) is 31.7 Å². The summed E-state index contributed by atoms with van der Waals surface area (Å²) in [6, 6.07) is 4.33. The fraction of sp³-hybridized carbons (Fsp3) is 0.619. The van der Waals surface area contributed by atoms with Crippen LogP contribution in [0.25, 0.3) is 0 Å². The average Bonchev–Trinajstić information content (AvgIpc) is 3.32. The molecule has 0 bridgehead atoms. The molecule has 0 N–H and O–H groups in total. The van der Waals surface area contributed by atoms with Crippen LogP contribution in [0.2, 0.25) is 0 Å². The van der Waals surface area contributed by atoms with Crippen molar-refractivity contribution in [2.75, 3.05) is 31.1 Å². The van der Waals surface area contributed by atoms with E-state index in [9.17, 15) is 5.26 Å². The van der Waals surface area contributed by atoms with Crippen LogP contribution in [-0.2, 0) is 13.6 Å². The molecule has 4 rings (SSSR count). The van der Waals surface area contributed by atoms with Crippen molar-refractivity contribution in [3.63, 3.8) is 0 Å². The summed E-state index contributed by atoms with van der Waals surface area (Å²) < 4.78 is 2.20. The SMILES string of the molecule is Cc1cc(C)c(C#N)c(N2CCC(c3nnc(CN4CCCC4)n3C)CC2)n1. The zero-order chi connectivity index (χ0) is 19.7. The average molecular weight is 380 g/mol. The van der Waals surface area contributed by atoms with E-state index in [1.54, 1.807) is 0 Å². The Bertz CT molecular complexity index is 881. The molecule has 148 valence electrons. The van der Waals surface area contributed by atoms with Crippen molar-refractivity contribution >= 4 is 5.82 Å². The van der Waals surface area contributed by atoms with Gasteiger partial charge in [0.25, 0.3) is 0 Å². The molecule has 0 unspecified atom stereocenters. The highest BCUT2D eigenvalue weighted by molar-refractivity contribution is 5.58. The first kappa shape index (κ1) is 18.9. The van der Waals surface area contributed by atoms with Crippen LogP contribution >= 0.6 is 0 Å². The van der Waals surface area contributed by atoms with Crippen molar-refractivity contribution < 1.29 is 0 Å². The van der Waals surface area contributed by atoms with Gasteiger partial charge in [-0.1, -0.05) is 0 Å². The van der Waals surface area contributed by atoms with Gasteiger partial charge in [0.05, 0.1) is 12.1 Å². The zero-order valence-corrected chi connectivity index (χ0v) is 17.1. The molecule has 0 radical (unpaired) electrons. The van der Waals surface area contributed by atoms with Gasteiger partial charge in [-0.3, -0.25) is 4.90 Å². The summed E-state index contributed by atoms with van der Waals surface area (Å²) >= 11 is 0. The van der Waals surface area contributed by atoms with E-state index >= 15 is 0 Å². The lowest BCUT2D eigenvalue weighted by Crippen LogP contribution is -2.35. The van der Waals surface area contributed by atoms with E-state index in [0.29, 0.717) is 11.5 Å². The van der Waals surface area contributed by atoms with E-state index in [2.05, 4.69) is 42.7 Å². The Balaban J connectivity index is 1.45. The third kappa shape index (κ3) is 3.61. The van der Waals surface area contributed by atoms with Crippen molar-refractivity contribution in [1.82, 2.24) is 24.6 Å². The highest BCUT2D eigenvalue weighted by Gasteiger charge is 2.28. The van der Waals surface area contributed by atoms with Crippen molar-refractivity contribution in [2.45, 2.75) is 52.0 Å². The van der Waals surface area contributed by atoms with Gasteiger partial charge >= 0.3 is 0 Å². The quantitative estimate of drug-likeness (QED) is 0.813. The van der Waals surface area contributed by atoms with E-state index in [4.69, 9.17) is 0 Å². The molecule has 0 aromatic carbocycles. The smallest absolute Gasteiger partial charge is 0.147 e. The van der Waals surface area contributed by atoms with E-state index in [1.165, 1.54) is 25.9 Å². The molecule has 7 heteroatoms. The van der Waals surface area contributed by atoms with Crippen LogP contribution in [0.4, 0.5) is 5.82 Å². The Morgan fingerprint density at radius 1 is 1.11 bits per heavy atom.